The van der Waals surface area contributed by atoms with Gasteiger partial charge in [-0.2, -0.15) is 0 Å². The second kappa shape index (κ2) is 18.9. The molecule has 11 nitrogen and oxygen atoms in total. The molecule has 0 aromatic carbocycles. The second-order valence-electron chi connectivity index (χ2n) is 7.94. The molecule has 1 heterocycles. The molecule has 194 valence electrons. The van der Waals surface area contributed by atoms with E-state index in [1.54, 1.807) is 0 Å². The molecule has 7 atom stereocenters. The van der Waals surface area contributed by atoms with E-state index in [2.05, 4.69) is 6.92 Å². The van der Waals surface area contributed by atoms with Crippen LogP contribution in [0.4, 0.5) is 0 Å². The number of unbranched alkanes of at least 4 members (excludes halogenated alkanes) is 7. The minimum atomic E-state index is -1.61. The summed E-state index contributed by atoms with van der Waals surface area (Å²) in [7, 11) is 0. The first-order valence-electron chi connectivity index (χ1n) is 11.4. The Bertz CT molecular complexity index is 427. The quantitative estimate of drug-likeness (QED) is 0.105. The van der Waals surface area contributed by atoms with Gasteiger partial charge in [-0.3, -0.25) is 0 Å². The molecule has 0 aliphatic carbocycles. The van der Waals surface area contributed by atoms with Gasteiger partial charge in [0.05, 0.1) is 19.8 Å². The number of hydrogen-bond donors (Lipinski definition) is 6. The zero-order valence-corrected chi connectivity index (χ0v) is 19.1. The highest BCUT2D eigenvalue weighted by Crippen LogP contribution is 2.24. The molecule has 1 aliphatic heterocycles. The molecular weight excluding hydrogens is 428 g/mol. The highest BCUT2D eigenvalue weighted by Gasteiger charge is 2.45. The van der Waals surface area contributed by atoms with Crippen molar-refractivity contribution in [3.8, 4) is 0 Å². The van der Waals surface area contributed by atoms with Gasteiger partial charge >= 0.3 is 0 Å². The SMILES string of the molecule is CCCCCCCCCCOCO[C@H](CO)[C@H](CO)O[C@H]1O[C@H](CO)[C@@H](O)[C@H](O)[C@H]1O.O. The lowest BCUT2D eigenvalue weighted by Gasteiger charge is -2.41. The van der Waals surface area contributed by atoms with E-state index in [9.17, 15) is 30.6 Å². The van der Waals surface area contributed by atoms with Gasteiger partial charge in [0.2, 0.25) is 0 Å². The zero-order valence-electron chi connectivity index (χ0n) is 19.1. The van der Waals surface area contributed by atoms with Crippen molar-refractivity contribution in [3.05, 3.63) is 0 Å². The third-order valence-electron chi connectivity index (χ3n) is 5.44. The van der Waals surface area contributed by atoms with Gasteiger partial charge in [0.25, 0.3) is 0 Å². The summed E-state index contributed by atoms with van der Waals surface area (Å²) in [4.78, 5) is 0. The van der Waals surface area contributed by atoms with Crippen molar-refractivity contribution in [1.82, 2.24) is 0 Å². The standard InChI is InChI=1S/C21H42O10.H2O/c1-2-3-4-5-6-7-8-9-10-28-14-29-15(11-22)16(12-23)30-21-20(27)19(26)18(25)17(13-24)31-21;/h15-27H,2-14H2,1H3;1H2/t15-,16+,17-,18-,19+,20-,21+;/m1./s1. The Morgan fingerprint density at radius 2 is 1.38 bits per heavy atom. The Morgan fingerprint density at radius 3 is 1.94 bits per heavy atom. The van der Waals surface area contributed by atoms with Crippen molar-refractivity contribution >= 4 is 0 Å². The third kappa shape index (κ3) is 11.1. The van der Waals surface area contributed by atoms with Crippen molar-refractivity contribution in [2.75, 3.05) is 33.2 Å². The first kappa shape index (κ1) is 31.6. The molecule has 32 heavy (non-hydrogen) atoms. The molecule has 0 spiro atoms. The van der Waals surface area contributed by atoms with Crippen LogP contribution in [0.15, 0.2) is 0 Å². The Balaban J connectivity index is 0.00000961. The summed E-state index contributed by atoms with van der Waals surface area (Å²) in [5.74, 6) is 0. The first-order chi connectivity index (χ1) is 15.0. The van der Waals surface area contributed by atoms with Gasteiger partial charge < -0.3 is 55.1 Å². The van der Waals surface area contributed by atoms with E-state index in [0.717, 1.165) is 12.8 Å². The maximum Gasteiger partial charge on any atom is 0.187 e. The summed E-state index contributed by atoms with van der Waals surface area (Å²) in [5.41, 5.74) is 0. The van der Waals surface area contributed by atoms with E-state index >= 15 is 0 Å². The lowest BCUT2D eigenvalue weighted by atomic mass is 9.99. The summed E-state index contributed by atoms with van der Waals surface area (Å²) in [6.45, 7) is 0.981. The predicted octanol–water partition coefficient (Wildman–Crippen LogP) is -1.17. The molecule has 0 amide bonds. The summed E-state index contributed by atoms with van der Waals surface area (Å²) in [5, 5.41) is 58.1. The Kier molecular flexibility index (Phi) is 18.7. The fraction of sp³-hybridized carbons (Fsp3) is 1.00. The molecule has 8 N–H and O–H groups in total. The molecule has 0 radical (unpaired) electrons. The summed E-state index contributed by atoms with van der Waals surface area (Å²) in [6.07, 6.45) is 0.168. The number of rotatable bonds is 18. The number of hydrogen-bond acceptors (Lipinski definition) is 10. The topological polar surface area (TPSA) is 190 Å². The van der Waals surface area contributed by atoms with E-state index in [1.807, 2.05) is 0 Å². The Morgan fingerprint density at radius 1 is 0.781 bits per heavy atom. The van der Waals surface area contributed by atoms with Crippen molar-refractivity contribution in [2.45, 2.75) is 101 Å². The van der Waals surface area contributed by atoms with E-state index in [0.29, 0.717) is 6.61 Å². The largest absolute Gasteiger partial charge is 0.412 e. The van der Waals surface area contributed by atoms with Gasteiger partial charge in [0.15, 0.2) is 6.29 Å². The van der Waals surface area contributed by atoms with Gasteiger partial charge in [0, 0.05) is 6.61 Å². The van der Waals surface area contributed by atoms with E-state index in [-0.39, 0.29) is 12.3 Å². The van der Waals surface area contributed by atoms with Crippen LogP contribution in [0.2, 0.25) is 0 Å². The van der Waals surface area contributed by atoms with Crippen LogP contribution in [0.25, 0.3) is 0 Å². The molecule has 0 unspecified atom stereocenters. The van der Waals surface area contributed by atoms with Gasteiger partial charge in [-0.1, -0.05) is 51.9 Å². The van der Waals surface area contributed by atoms with Crippen molar-refractivity contribution in [1.29, 1.82) is 0 Å². The van der Waals surface area contributed by atoms with Gasteiger partial charge in [-0.25, -0.2) is 0 Å². The minimum Gasteiger partial charge on any atom is -0.412 e. The summed E-state index contributed by atoms with van der Waals surface area (Å²) in [6, 6.07) is 0. The van der Waals surface area contributed by atoms with Crippen LogP contribution in [0.3, 0.4) is 0 Å². The van der Waals surface area contributed by atoms with Crippen LogP contribution >= 0.6 is 0 Å². The third-order valence-corrected chi connectivity index (χ3v) is 5.44. The zero-order chi connectivity index (χ0) is 23.1. The van der Waals surface area contributed by atoms with Crippen LogP contribution in [-0.4, -0.2) is 112 Å². The van der Waals surface area contributed by atoms with E-state index < -0.39 is 62.7 Å². The molecule has 1 fully saturated rings. The molecule has 0 bridgehead atoms. The average Bonchev–Trinajstić information content (AvgIpc) is 2.78. The second-order valence-corrected chi connectivity index (χ2v) is 7.94. The molecule has 11 heteroatoms. The maximum atomic E-state index is 10.0. The maximum absolute atomic E-state index is 10.0. The normalized spacial score (nSPS) is 27.7. The lowest BCUT2D eigenvalue weighted by Crippen LogP contribution is -2.60. The molecule has 0 aromatic rings. The summed E-state index contributed by atoms with van der Waals surface area (Å²) >= 11 is 0. The van der Waals surface area contributed by atoms with Crippen molar-refractivity contribution in [3.63, 3.8) is 0 Å². The first-order valence-corrected chi connectivity index (χ1v) is 11.4. The van der Waals surface area contributed by atoms with Gasteiger partial charge in [-0.15, -0.1) is 0 Å². The average molecular weight is 473 g/mol. The molecular formula is C21H44O11. The number of aliphatic hydroxyl groups is 6. The number of aliphatic hydroxyl groups excluding tert-OH is 6. The fourth-order valence-corrected chi connectivity index (χ4v) is 3.41. The lowest BCUT2D eigenvalue weighted by molar-refractivity contribution is -0.323. The van der Waals surface area contributed by atoms with Crippen LogP contribution < -0.4 is 0 Å². The predicted molar refractivity (Wildman–Crippen MR) is 115 cm³/mol. The van der Waals surface area contributed by atoms with Gasteiger partial charge in [-0.05, 0) is 6.42 Å². The van der Waals surface area contributed by atoms with Crippen LogP contribution in [0, 0.1) is 0 Å². The van der Waals surface area contributed by atoms with Crippen LogP contribution in [0.5, 0.6) is 0 Å². The highest BCUT2D eigenvalue weighted by atomic mass is 16.7. The van der Waals surface area contributed by atoms with Crippen LogP contribution in [-0.2, 0) is 18.9 Å². The van der Waals surface area contributed by atoms with E-state index in [4.69, 9.17) is 18.9 Å². The minimum absolute atomic E-state index is 0. The van der Waals surface area contributed by atoms with E-state index in [1.165, 1.54) is 38.5 Å². The van der Waals surface area contributed by atoms with Crippen molar-refractivity contribution < 1.29 is 55.1 Å². The molecule has 0 saturated carbocycles. The fourth-order valence-electron chi connectivity index (χ4n) is 3.41. The molecule has 1 rings (SSSR count). The summed E-state index contributed by atoms with van der Waals surface area (Å²) < 4.78 is 21.6. The monoisotopic (exact) mass is 472 g/mol. The molecule has 1 aliphatic rings. The smallest absolute Gasteiger partial charge is 0.187 e. The highest BCUT2D eigenvalue weighted by molar-refractivity contribution is 4.89. The Hall–Kier alpha value is -0.440. The Labute approximate surface area is 190 Å². The number of ether oxygens (including phenoxy) is 4. The van der Waals surface area contributed by atoms with Gasteiger partial charge in [0.1, 0.15) is 43.4 Å². The van der Waals surface area contributed by atoms with Crippen molar-refractivity contribution in [2.24, 2.45) is 0 Å². The van der Waals surface area contributed by atoms with Crippen LogP contribution in [0.1, 0.15) is 58.3 Å². The molecule has 1 saturated heterocycles. The molecule has 0 aromatic heterocycles.